The highest BCUT2D eigenvalue weighted by Crippen LogP contribution is 2.18. The van der Waals surface area contributed by atoms with Gasteiger partial charge in [-0.05, 0) is 18.4 Å². The van der Waals surface area contributed by atoms with Crippen LogP contribution in [-0.4, -0.2) is 64.8 Å². The van der Waals surface area contributed by atoms with Crippen molar-refractivity contribution in [2.75, 3.05) is 39.5 Å². The standard InChI is InChI=1S/C18H28N4O4S.HI/c1-19-18(22-11-8-16(9-12-22)17(23)26-2)20-10-13-27(24,25)21-14-15-6-4-3-5-7-15;/h3-7,16,21H,8-14H2,1-2H3,(H,19,20);1H. The molecule has 0 atom stereocenters. The van der Waals surface area contributed by atoms with Crippen LogP contribution in [-0.2, 0) is 26.1 Å². The molecule has 0 amide bonds. The van der Waals surface area contributed by atoms with Gasteiger partial charge in [0.25, 0.3) is 0 Å². The maximum absolute atomic E-state index is 12.1. The molecule has 1 aromatic rings. The lowest BCUT2D eigenvalue weighted by molar-refractivity contribution is -0.146. The molecule has 0 spiro atoms. The summed E-state index contributed by atoms with van der Waals surface area (Å²) < 4.78 is 31.7. The molecule has 0 aliphatic carbocycles. The van der Waals surface area contributed by atoms with Crippen molar-refractivity contribution in [1.29, 1.82) is 0 Å². The fraction of sp³-hybridized carbons (Fsp3) is 0.556. The third-order valence-corrected chi connectivity index (χ3v) is 5.86. The number of piperidine rings is 1. The number of carbonyl (C=O) groups excluding carboxylic acids is 1. The Labute approximate surface area is 184 Å². The lowest BCUT2D eigenvalue weighted by Crippen LogP contribution is -2.48. The predicted octanol–water partition coefficient (Wildman–Crippen LogP) is 1.18. The van der Waals surface area contributed by atoms with E-state index in [1.165, 1.54) is 7.11 Å². The first-order valence-corrected chi connectivity index (χ1v) is 10.6. The number of sulfonamides is 1. The van der Waals surface area contributed by atoms with Gasteiger partial charge in [-0.2, -0.15) is 0 Å². The highest BCUT2D eigenvalue weighted by atomic mass is 127. The summed E-state index contributed by atoms with van der Waals surface area (Å²) in [7, 11) is -0.317. The van der Waals surface area contributed by atoms with Gasteiger partial charge in [-0.3, -0.25) is 9.79 Å². The molecule has 2 rings (SSSR count). The molecule has 0 unspecified atom stereocenters. The van der Waals surface area contributed by atoms with Crippen LogP contribution in [0.3, 0.4) is 0 Å². The van der Waals surface area contributed by atoms with Crippen LogP contribution in [0.5, 0.6) is 0 Å². The Morgan fingerprint density at radius 3 is 2.46 bits per heavy atom. The molecule has 0 radical (unpaired) electrons. The maximum atomic E-state index is 12.1. The molecular weight excluding hydrogens is 495 g/mol. The van der Waals surface area contributed by atoms with E-state index in [4.69, 9.17) is 4.74 Å². The van der Waals surface area contributed by atoms with Crippen LogP contribution in [0.15, 0.2) is 35.3 Å². The van der Waals surface area contributed by atoms with Crippen molar-refractivity contribution in [3.63, 3.8) is 0 Å². The number of aliphatic imine (C=N–C) groups is 1. The number of rotatable bonds is 7. The van der Waals surface area contributed by atoms with Gasteiger partial charge in [-0.1, -0.05) is 30.3 Å². The molecule has 2 N–H and O–H groups in total. The number of nitrogens with zero attached hydrogens (tertiary/aromatic N) is 2. The number of likely N-dealkylation sites (tertiary alicyclic amines) is 1. The highest BCUT2D eigenvalue weighted by Gasteiger charge is 2.27. The monoisotopic (exact) mass is 524 g/mol. The van der Waals surface area contributed by atoms with E-state index in [1.54, 1.807) is 7.05 Å². The number of methoxy groups -OCH3 is 1. The minimum Gasteiger partial charge on any atom is -0.469 e. The molecule has 1 aliphatic heterocycles. The van der Waals surface area contributed by atoms with Crippen LogP contribution >= 0.6 is 24.0 Å². The number of esters is 1. The number of benzene rings is 1. The van der Waals surface area contributed by atoms with Gasteiger partial charge in [-0.25, -0.2) is 13.1 Å². The number of hydrogen-bond acceptors (Lipinski definition) is 5. The van der Waals surface area contributed by atoms with Gasteiger partial charge in [0.05, 0.1) is 18.8 Å². The topological polar surface area (TPSA) is 100 Å². The minimum absolute atomic E-state index is 0. The maximum Gasteiger partial charge on any atom is 0.308 e. The van der Waals surface area contributed by atoms with E-state index in [1.807, 2.05) is 35.2 Å². The first-order valence-electron chi connectivity index (χ1n) is 9.00. The fourth-order valence-corrected chi connectivity index (χ4v) is 3.89. The number of hydrogen-bond donors (Lipinski definition) is 2. The number of nitrogens with one attached hydrogen (secondary N) is 2. The second-order valence-corrected chi connectivity index (χ2v) is 8.31. The summed E-state index contributed by atoms with van der Waals surface area (Å²) >= 11 is 0. The Kier molecular flexibility index (Phi) is 10.8. The molecule has 8 nitrogen and oxygen atoms in total. The van der Waals surface area contributed by atoms with Gasteiger partial charge < -0.3 is 15.0 Å². The molecule has 0 bridgehead atoms. The van der Waals surface area contributed by atoms with E-state index in [0.29, 0.717) is 31.9 Å². The van der Waals surface area contributed by atoms with E-state index in [-0.39, 0.29) is 54.7 Å². The SMILES string of the molecule is CN=C(NCCS(=O)(=O)NCc1ccccc1)N1CCC(C(=O)OC)CC1.I. The molecular formula is C18H29IN4O4S. The van der Waals surface area contributed by atoms with Crippen molar-refractivity contribution in [3.8, 4) is 0 Å². The summed E-state index contributed by atoms with van der Waals surface area (Å²) in [4.78, 5) is 17.8. The minimum atomic E-state index is -3.38. The summed E-state index contributed by atoms with van der Waals surface area (Å²) in [6, 6.07) is 9.39. The van der Waals surface area contributed by atoms with E-state index in [2.05, 4.69) is 15.0 Å². The van der Waals surface area contributed by atoms with Crippen molar-refractivity contribution in [2.24, 2.45) is 10.9 Å². The Hall–Kier alpha value is -1.40. The van der Waals surface area contributed by atoms with E-state index in [0.717, 1.165) is 5.56 Å². The second kappa shape index (κ2) is 12.2. The van der Waals surface area contributed by atoms with Crippen molar-refractivity contribution in [3.05, 3.63) is 35.9 Å². The van der Waals surface area contributed by atoms with Crippen LogP contribution in [0.25, 0.3) is 0 Å². The third kappa shape index (κ3) is 7.92. The van der Waals surface area contributed by atoms with Crippen LogP contribution in [0.2, 0.25) is 0 Å². The molecule has 0 aromatic heterocycles. The zero-order valence-electron chi connectivity index (χ0n) is 16.3. The number of ether oxygens (including phenoxy) is 1. The Bertz CT molecular complexity index is 735. The van der Waals surface area contributed by atoms with Gasteiger partial charge in [0.2, 0.25) is 10.0 Å². The molecule has 0 saturated carbocycles. The Balaban J connectivity index is 0.00000392. The first-order chi connectivity index (χ1) is 12.9. The molecule has 1 fully saturated rings. The van der Waals surface area contributed by atoms with Crippen molar-refractivity contribution < 1.29 is 17.9 Å². The Morgan fingerprint density at radius 2 is 1.89 bits per heavy atom. The predicted molar refractivity (Wildman–Crippen MR) is 120 cm³/mol. The van der Waals surface area contributed by atoms with Crippen LogP contribution < -0.4 is 10.0 Å². The summed E-state index contributed by atoms with van der Waals surface area (Å²) in [5.74, 6) is 0.356. The van der Waals surface area contributed by atoms with Gasteiger partial charge in [0, 0.05) is 33.2 Å². The number of carbonyl (C=O) groups is 1. The number of guanidine groups is 1. The zero-order chi connectivity index (χ0) is 19.7. The third-order valence-electron chi connectivity index (χ3n) is 4.53. The molecule has 28 heavy (non-hydrogen) atoms. The average Bonchev–Trinajstić information content (AvgIpc) is 2.70. The summed E-state index contributed by atoms with van der Waals surface area (Å²) in [5, 5.41) is 3.09. The lowest BCUT2D eigenvalue weighted by atomic mass is 9.97. The van der Waals surface area contributed by atoms with Crippen LogP contribution in [0, 0.1) is 5.92 Å². The normalized spacial score (nSPS) is 15.6. The smallest absolute Gasteiger partial charge is 0.308 e. The molecule has 1 heterocycles. The van der Waals surface area contributed by atoms with Crippen LogP contribution in [0.1, 0.15) is 18.4 Å². The van der Waals surface area contributed by atoms with Crippen molar-refractivity contribution >= 4 is 45.9 Å². The van der Waals surface area contributed by atoms with E-state index < -0.39 is 10.0 Å². The average molecular weight is 524 g/mol. The lowest BCUT2D eigenvalue weighted by Gasteiger charge is -2.33. The van der Waals surface area contributed by atoms with Gasteiger partial charge in [0.15, 0.2) is 5.96 Å². The molecule has 1 aromatic carbocycles. The highest BCUT2D eigenvalue weighted by molar-refractivity contribution is 14.0. The second-order valence-electron chi connectivity index (χ2n) is 6.38. The molecule has 1 saturated heterocycles. The molecule has 10 heteroatoms. The quantitative estimate of drug-likeness (QED) is 0.241. The summed E-state index contributed by atoms with van der Waals surface area (Å²) in [6.07, 6.45) is 1.40. The largest absolute Gasteiger partial charge is 0.469 e. The van der Waals surface area contributed by atoms with Crippen molar-refractivity contribution in [2.45, 2.75) is 19.4 Å². The van der Waals surface area contributed by atoms with Gasteiger partial charge in [-0.15, -0.1) is 24.0 Å². The summed E-state index contributed by atoms with van der Waals surface area (Å²) in [5.41, 5.74) is 0.915. The molecule has 158 valence electrons. The fourth-order valence-electron chi connectivity index (χ4n) is 2.98. The van der Waals surface area contributed by atoms with Crippen LogP contribution in [0.4, 0.5) is 0 Å². The van der Waals surface area contributed by atoms with Crippen molar-refractivity contribution in [1.82, 2.24) is 14.9 Å². The van der Waals surface area contributed by atoms with Gasteiger partial charge in [0.1, 0.15) is 0 Å². The Morgan fingerprint density at radius 1 is 1.25 bits per heavy atom. The first kappa shape index (κ1) is 24.6. The summed E-state index contributed by atoms with van der Waals surface area (Å²) in [6.45, 7) is 1.89. The zero-order valence-corrected chi connectivity index (χ0v) is 19.4. The van der Waals surface area contributed by atoms with E-state index in [9.17, 15) is 13.2 Å². The van der Waals surface area contributed by atoms with E-state index >= 15 is 0 Å². The number of halogens is 1. The van der Waals surface area contributed by atoms with Gasteiger partial charge >= 0.3 is 5.97 Å². The molecule has 1 aliphatic rings.